The summed E-state index contributed by atoms with van der Waals surface area (Å²) in [6.07, 6.45) is 0. The van der Waals surface area contributed by atoms with Crippen molar-refractivity contribution in [3.05, 3.63) is 34.8 Å². The molecule has 18 heavy (non-hydrogen) atoms. The minimum Gasteiger partial charge on any atom is -0.384 e. The molecule has 0 amide bonds. The van der Waals surface area contributed by atoms with E-state index in [2.05, 4.69) is 37.7 Å². The summed E-state index contributed by atoms with van der Waals surface area (Å²) in [5.74, 6) is 0.661. The molecular weight excluding hydrogens is 292 g/mol. The first-order valence-electron chi connectivity index (χ1n) is 5.62. The third kappa shape index (κ3) is 1.54. The van der Waals surface area contributed by atoms with E-state index in [0.717, 1.165) is 15.9 Å². The molecule has 2 aromatic heterocycles. The van der Waals surface area contributed by atoms with Gasteiger partial charge in [0.2, 0.25) is 0 Å². The number of aromatic nitrogens is 3. The molecule has 92 valence electrons. The van der Waals surface area contributed by atoms with Crippen LogP contribution in [-0.2, 0) is 14.1 Å². The Morgan fingerprint density at radius 3 is 2.61 bits per heavy atom. The normalized spacial score (nSPS) is 11.3. The Kier molecular flexibility index (Phi) is 2.45. The molecule has 0 spiro atoms. The standard InChI is InChI=1S/C13H13BrN4/c1-17-11-5-3-4-9(14)8(11)6-12(17)10-7-13(15)18(2)16-10/h3-7H,15H2,1-2H3. The van der Waals surface area contributed by atoms with Gasteiger partial charge < -0.3 is 10.3 Å². The maximum absolute atomic E-state index is 5.83. The number of halogens is 1. The molecule has 4 nitrogen and oxygen atoms in total. The van der Waals surface area contributed by atoms with Gasteiger partial charge in [0.25, 0.3) is 0 Å². The molecule has 5 heteroatoms. The number of nitrogens with zero attached hydrogens (tertiary/aromatic N) is 3. The molecule has 2 heterocycles. The third-order valence-corrected chi connectivity index (χ3v) is 3.90. The van der Waals surface area contributed by atoms with Crippen molar-refractivity contribution in [3.8, 4) is 11.4 Å². The molecule has 0 bridgehead atoms. The van der Waals surface area contributed by atoms with Crippen molar-refractivity contribution < 1.29 is 0 Å². The smallest absolute Gasteiger partial charge is 0.122 e. The van der Waals surface area contributed by atoms with Crippen LogP contribution >= 0.6 is 15.9 Å². The summed E-state index contributed by atoms with van der Waals surface area (Å²) < 4.78 is 4.90. The van der Waals surface area contributed by atoms with E-state index in [4.69, 9.17) is 5.73 Å². The Hall–Kier alpha value is -1.75. The number of aryl methyl sites for hydroxylation is 2. The quantitative estimate of drug-likeness (QED) is 0.751. The fourth-order valence-corrected chi connectivity index (χ4v) is 2.65. The van der Waals surface area contributed by atoms with Crippen LogP contribution in [0.4, 0.5) is 5.82 Å². The zero-order chi connectivity index (χ0) is 12.9. The number of fused-ring (bicyclic) bond motifs is 1. The van der Waals surface area contributed by atoms with Gasteiger partial charge in [0.1, 0.15) is 11.5 Å². The summed E-state index contributed by atoms with van der Waals surface area (Å²) >= 11 is 3.57. The average Bonchev–Trinajstić information content (AvgIpc) is 2.83. The summed E-state index contributed by atoms with van der Waals surface area (Å²) in [4.78, 5) is 0. The molecule has 0 fully saturated rings. The maximum Gasteiger partial charge on any atom is 0.122 e. The predicted molar refractivity (Wildman–Crippen MR) is 77.2 cm³/mol. The molecule has 0 atom stereocenters. The first-order valence-corrected chi connectivity index (χ1v) is 6.41. The SMILES string of the molecule is Cn1nc(-c2cc3c(Br)cccc3n2C)cc1N. The Morgan fingerprint density at radius 1 is 1.22 bits per heavy atom. The Bertz CT molecular complexity index is 719. The number of nitrogens with two attached hydrogens (primary N) is 1. The van der Waals surface area contributed by atoms with Crippen molar-refractivity contribution in [2.24, 2.45) is 14.1 Å². The van der Waals surface area contributed by atoms with Gasteiger partial charge in [-0.3, -0.25) is 4.68 Å². The van der Waals surface area contributed by atoms with Gasteiger partial charge in [-0.25, -0.2) is 0 Å². The molecule has 0 saturated heterocycles. The van der Waals surface area contributed by atoms with E-state index in [1.54, 1.807) is 4.68 Å². The monoisotopic (exact) mass is 304 g/mol. The van der Waals surface area contributed by atoms with E-state index in [0.29, 0.717) is 5.82 Å². The Balaban J connectivity index is 2.30. The number of rotatable bonds is 1. The first kappa shape index (κ1) is 11.3. The largest absolute Gasteiger partial charge is 0.384 e. The van der Waals surface area contributed by atoms with E-state index >= 15 is 0 Å². The summed E-state index contributed by atoms with van der Waals surface area (Å²) in [5, 5.41) is 5.60. The third-order valence-electron chi connectivity index (χ3n) is 3.21. The highest BCUT2D eigenvalue weighted by Gasteiger charge is 2.12. The van der Waals surface area contributed by atoms with Crippen molar-refractivity contribution in [1.29, 1.82) is 0 Å². The minimum atomic E-state index is 0.661. The molecule has 0 unspecified atom stereocenters. The lowest BCUT2D eigenvalue weighted by atomic mass is 10.2. The van der Waals surface area contributed by atoms with Gasteiger partial charge in [-0.1, -0.05) is 22.0 Å². The van der Waals surface area contributed by atoms with E-state index in [9.17, 15) is 0 Å². The van der Waals surface area contributed by atoms with Crippen molar-refractivity contribution in [1.82, 2.24) is 14.3 Å². The van der Waals surface area contributed by atoms with Crippen LogP contribution in [0.2, 0.25) is 0 Å². The second-order valence-corrected chi connectivity index (χ2v) is 5.19. The lowest BCUT2D eigenvalue weighted by molar-refractivity contribution is 0.779. The van der Waals surface area contributed by atoms with Crippen LogP contribution in [0.25, 0.3) is 22.3 Å². The first-order chi connectivity index (χ1) is 8.58. The molecule has 2 N–H and O–H groups in total. The molecule has 0 aliphatic carbocycles. The number of hydrogen-bond donors (Lipinski definition) is 1. The van der Waals surface area contributed by atoms with E-state index in [1.165, 1.54) is 10.9 Å². The van der Waals surface area contributed by atoms with Gasteiger partial charge >= 0.3 is 0 Å². The summed E-state index contributed by atoms with van der Waals surface area (Å²) in [5.41, 5.74) is 8.95. The van der Waals surface area contributed by atoms with Gasteiger partial charge in [-0.05, 0) is 18.2 Å². The highest BCUT2D eigenvalue weighted by molar-refractivity contribution is 9.10. The summed E-state index contributed by atoms with van der Waals surface area (Å²) in [6.45, 7) is 0. The van der Waals surface area contributed by atoms with E-state index in [1.807, 2.05) is 32.3 Å². The van der Waals surface area contributed by atoms with Gasteiger partial charge in [0, 0.05) is 35.5 Å². The topological polar surface area (TPSA) is 48.8 Å². The summed E-state index contributed by atoms with van der Waals surface area (Å²) in [7, 11) is 3.88. The van der Waals surface area contributed by atoms with E-state index < -0.39 is 0 Å². The number of benzene rings is 1. The van der Waals surface area contributed by atoms with Crippen molar-refractivity contribution in [2.45, 2.75) is 0 Å². The molecule has 0 aliphatic rings. The van der Waals surface area contributed by atoms with Gasteiger partial charge in [0.05, 0.1) is 5.69 Å². The number of anilines is 1. The van der Waals surface area contributed by atoms with Crippen LogP contribution in [0.15, 0.2) is 34.8 Å². The van der Waals surface area contributed by atoms with Gasteiger partial charge in [-0.15, -0.1) is 0 Å². The molecule has 1 aromatic carbocycles. The van der Waals surface area contributed by atoms with Gasteiger partial charge in [-0.2, -0.15) is 5.10 Å². The van der Waals surface area contributed by atoms with E-state index in [-0.39, 0.29) is 0 Å². The molecule has 3 rings (SSSR count). The fourth-order valence-electron chi connectivity index (χ4n) is 2.18. The van der Waals surface area contributed by atoms with Crippen molar-refractivity contribution in [3.63, 3.8) is 0 Å². The fraction of sp³-hybridized carbons (Fsp3) is 0.154. The predicted octanol–water partition coefficient (Wildman–Crippen LogP) is 2.92. The zero-order valence-electron chi connectivity index (χ0n) is 10.2. The number of hydrogen-bond acceptors (Lipinski definition) is 2. The average molecular weight is 305 g/mol. The van der Waals surface area contributed by atoms with Crippen LogP contribution in [0.5, 0.6) is 0 Å². The Morgan fingerprint density at radius 2 is 2.00 bits per heavy atom. The van der Waals surface area contributed by atoms with Crippen LogP contribution in [0.1, 0.15) is 0 Å². The summed E-state index contributed by atoms with van der Waals surface area (Å²) in [6, 6.07) is 10.2. The van der Waals surface area contributed by atoms with Crippen LogP contribution in [-0.4, -0.2) is 14.3 Å². The zero-order valence-corrected chi connectivity index (χ0v) is 11.8. The Labute approximate surface area is 113 Å². The lowest BCUT2D eigenvalue weighted by Crippen LogP contribution is -1.97. The lowest BCUT2D eigenvalue weighted by Gasteiger charge is -2.00. The molecule has 0 saturated carbocycles. The van der Waals surface area contributed by atoms with Crippen molar-refractivity contribution >= 4 is 32.7 Å². The molecular formula is C13H13BrN4. The molecule has 0 radical (unpaired) electrons. The van der Waals surface area contributed by atoms with Crippen LogP contribution in [0, 0.1) is 0 Å². The van der Waals surface area contributed by atoms with Crippen molar-refractivity contribution in [2.75, 3.05) is 5.73 Å². The van der Waals surface area contributed by atoms with Crippen LogP contribution < -0.4 is 5.73 Å². The highest BCUT2D eigenvalue weighted by atomic mass is 79.9. The second-order valence-electron chi connectivity index (χ2n) is 4.34. The minimum absolute atomic E-state index is 0.661. The maximum atomic E-state index is 5.83. The number of nitrogen functional groups attached to an aromatic ring is 1. The second kappa shape index (κ2) is 3.88. The molecule has 0 aliphatic heterocycles. The van der Waals surface area contributed by atoms with Gasteiger partial charge in [0.15, 0.2) is 0 Å². The van der Waals surface area contributed by atoms with Crippen LogP contribution in [0.3, 0.4) is 0 Å². The highest BCUT2D eigenvalue weighted by Crippen LogP contribution is 2.31. The molecule has 3 aromatic rings.